The van der Waals surface area contributed by atoms with Crippen LogP contribution >= 0.6 is 0 Å². The number of hydrogen-bond acceptors (Lipinski definition) is 4. The van der Waals surface area contributed by atoms with E-state index in [0.717, 1.165) is 17.7 Å². The highest BCUT2D eigenvalue weighted by Crippen LogP contribution is 2.33. The number of amides is 2. The fourth-order valence-corrected chi connectivity index (χ4v) is 5.44. The highest BCUT2D eigenvalue weighted by molar-refractivity contribution is 7.92. The van der Waals surface area contributed by atoms with Crippen molar-refractivity contribution in [1.82, 2.24) is 10.2 Å². The Morgan fingerprint density at radius 2 is 1.54 bits per heavy atom. The number of nitrogens with one attached hydrogen (secondary N) is 1. The highest BCUT2D eigenvalue weighted by atomic mass is 32.2. The van der Waals surface area contributed by atoms with E-state index in [0.29, 0.717) is 22.5 Å². The van der Waals surface area contributed by atoms with Crippen LogP contribution in [0.5, 0.6) is 0 Å². The van der Waals surface area contributed by atoms with Crippen LogP contribution in [0.1, 0.15) is 37.5 Å². The van der Waals surface area contributed by atoms with Gasteiger partial charge in [0.05, 0.1) is 16.1 Å². The Morgan fingerprint density at radius 1 is 0.902 bits per heavy atom. The fraction of sp³-hybridized carbons (Fsp3) is 0.333. The molecule has 0 aliphatic heterocycles. The standard InChI is InChI=1S/C30H34F3N3O4S/c1-21(2)18-34-29(38)23(4)35(19-24-15-13-22(3)14-16-24)28(37)20-36(41(39,40)27-11-6-5-7-12-27)26-10-8-9-25(17-26)30(31,32)33/h5-17,21,23H,18-20H2,1-4H3,(H,34,38). The molecule has 220 valence electrons. The largest absolute Gasteiger partial charge is 0.416 e. The number of nitrogens with zero attached hydrogens (tertiary/aromatic N) is 2. The van der Waals surface area contributed by atoms with Crippen molar-refractivity contribution >= 4 is 27.5 Å². The predicted molar refractivity (Wildman–Crippen MR) is 151 cm³/mol. The number of anilines is 1. The summed E-state index contributed by atoms with van der Waals surface area (Å²) in [7, 11) is -4.47. The van der Waals surface area contributed by atoms with Crippen molar-refractivity contribution in [2.75, 3.05) is 17.4 Å². The number of benzene rings is 3. The molecule has 11 heteroatoms. The van der Waals surface area contributed by atoms with E-state index < -0.39 is 46.2 Å². The predicted octanol–water partition coefficient (Wildman–Crippen LogP) is 5.40. The minimum atomic E-state index is -4.73. The quantitative estimate of drug-likeness (QED) is 0.325. The zero-order chi connectivity index (χ0) is 30.4. The van der Waals surface area contributed by atoms with E-state index in [4.69, 9.17) is 0 Å². The zero-order valence-electron chi connectivity index (χ0n) is 23.4. The summed E-state index contributed by atoms with van der Waals surface area (Å²) in [6.45, 7) is 6.79. The molecule has 7 nitrogen and oxygen atoms in total. The van der Waals surface area contributed by atoms with Crippen molar-refractivity contribution in [2.45, 2.75) is 51.4 Å². The number of halogens is 3. The number of alkyl halides is 3. The molecule has 0 spiro atoms. The van der Waals surface area contributed by atoms with Gasteiger partial charge in [-0.05, 0) is 55.7 Å². The molecule has 0 saturated heterocycles. The molecule has 1 atom stereocenters. The third-order valence-electron chi connectivity index (χ3n) is 6.40. The van der Waals surface area contributed by atoms with Gasteiger partial charge >= 0.3 is 6.18 Å². The molecule has 0 heterocycles. The first kappa shape index (κ1) is 31.7. The molecule has 0 aliphatic carbocycles. The molecule has 1 N–H and O–H groups in total. The van der Waals surface area contributed by atoms with Gasteiger partial charge in [-0.15, -0.1) is 0 Å². The van der Waals surface area contributed by atoms with Crippen LogP contribution in [0.4, 0.5) is 18.9 Å². The number of sulfonamides is 1. The number of carbonyl (C=O) groups excluding carboxylic acids is 2. The Balaban J connectivity index is 2.05. The second kappa shape index (κ2) is 13.2. The van der Waals surface area contributed by atoms with Gasteiger partial charge in [0.2, 0.25) is 11.8 Å². The molecule has 0 aromatic heterocycles. The first-order valence-corrected chi connectivity index (χ1v) is 14.5. The van der Waals surface area contributed by atoms with Crippen molar-refractivity contribution in [3.8, 4) is 0 Å². The van der Waals surface area contributed by atoms with Crippen LogP contribution in [0.2, 0.25) is 0 Å². The van der Waals surface area contributed by atoms with Crippen LogP contribution in [0.15, 0.2) is 83.8 Å². The summed E-state index contributed by atoms with van der Waals surface area (Å²) < 4.78 is 68.7. The van der Waals surface area contributed by atoms with Crippen LogP contribution in [0.3, 0.4) is 0 Å². The molecule has 1 unspecified atom stereocenters. The van der Waals surface area contributed by atoms with Crippen LogP contribution in [0, 0.1) is 12.8 Å². The zero-order valence-corrected chi connectivity index (χ0v) is 24.2. The van der Waals surface area contributed by atoms with Gasteiger partial charge in [-0.2, -0.15) is 13.2 Å². The van der Waals surface area contributed by atoms with Crippen molar-refractivity contribution < 1.29 is 31.2 Å². The second-order valence-corrected chi connectivity index (χ2v) is 12.1. The smallest absolute Gasteiger partial charge is 0.354 e. The maximum Gasteiger partial charge on any atom is 0.416 e. The molecule has 2 amide bonds. The van der Waals surface area contributed by atoms with E-state index in [1.165, 1.54) is 42.2 Å². The summed E-state index contributed by atoms with van der Waals surface area (Å²) in [5, 5.41) is 2.79. The number of aryl methyl sites for hydroxylation is 1. The van der Waals surface area contributed by atoms with Gasteiger partial charge < -0.3 is 10.2 Å². The maximum absolute atomic E-state index is 13.9. The Hall–Kier alpha value is -3.86. The summed E-state index contributed by atoms with van der Waals surface area (Å²) in [5.74, 6) is -1.04. The summed E-state index contributed by atoms with van der Waals surface area (Å²) >= 11 is 0. The number of carbonyl (C=O) groups is 2. The SMILES string of the molecule is Cc1ccc(CN(C(=O)CN(c2cccc(C(F)(F)F)c2)S(=O)(=O)c2ccccc2)C(C)C(=O)NCC(C)C)cc1. The Morgan fingerprint density at radius 3 is 2.12 bits per heavy atom. The van der Waals surface area contributed by atoms with E-state index in [-0.39, 0.29) is 23.0 Å². The third-order valence-corrected chi connectivity index (χ3v) is 8.18. The Labute approximate surface area is 239 Å². The molecule has 0 radical (unpaired) electrons. The minimum absolute atomic E-state index is 0.0167. The average Bonchev–Trinajstić information content (AvgIpc) is 2.93. The van der Waals surface area contributed by atoms with Crippen LogP contribution in [-0.4, -0.2) is 44.3 Å². The first-order valence-electron chi connectivity index (χ1n) is 13.1. The highest BCUT2D eigenvalue weighted by Gasteiger charge is 2.35. The van der Waals surface area contributed by atoms with E-state index in [1.54, 1.807) is 18.2 Å². The lowest BCUT2D eigenvalue weighted by molar-refractivity contribution is -0.139. The number of rotatable bonds is 11. The average molecular weight is 590 g/mol. The number of hydrogen-bond donors (Lipinski definition) is 1. The van der Waals surface area contributed by atoms with Crippen molar-refractivity contribution in [1.29, 1.82) is 0 Å². The monoisotopic (exact) mass is 589 g/mol. The molecule has 3 rings (SSSR count). The maximum atomic E-state index is 13.9. The van der Waals surface area contributed by atoms with Crippen LogP contribution in [0.25, 0.3) is 0 Å². The topological polar surface area (TPSA) is 86.8 Å². The lowest BCUT2D eigenvalue weighted by atomic mass is 10.1. The van der Waals surface area contributed by atoms with Gasteiger partial charge in [-0.3, -0.25) is 13.9 Å². The molecule has 0 saturated carbocycles. The Kier molecular flexibility index (Phi) is 10.2. The van der Waals surface area contributed by atoms with E-state index >= 15 is 0 Å². The van der Waals surface area contributed by atoms with Gasteiger partial charge in [0.25, 0.3) is 10.0 Å². The Bertz CT molecular complexity index is 1440. The van der Waals surface area contributed by atoms with Crippen LogP contribution < -0.4 is 9.62 Å². The van der Waals surface area contributed by atoms with Gasteiger partial charge in [0.1, 0.15) is 12.6 Å². The molecular formula is C30H34F3N3O4S. The van der Waals surface area contributed by atoms with E-state index in [2.05, 4.69) is 5.32 Å². The van der Waals surface area contributed by atoms with Gasteiger partial charge in [0.15, 0.2) is 0 Å². The summed E-state index contributed by atoms with van der Waals surface area (Å²) in [6.07, 6.45) is -4.73. The van der Waals surface area contributed by atoms with E-state index in [1.807, 2.05) is 32.9 Å². The van der Waals surface area contributed by atoms with Crippen molar-refractivity contribution in [3.05, 3.63) is 95.6 Å². The first-order chi connectivity index (χ1) is 19.2. The summed E-state index contributed by atoms with van der Waals surface area (Å²) in [4.78, 5) is 27.9. The molecule has 0 bridgehead atoms. The molecule has 3 aromatic carbocycles. The van der Waals surface area contributed by atoms with Gasteiger partial charge in [0, 0.05) is 13.1 Å². The van der Waals surface area contributed by atoms with Gasteiger partial charge in [-0.1, -0.05) is 67.9 Å². The van der Waals surface area contributed by atoms with E-state index in [9.17, 15) is 31.2 Å². The van der Waals surface area contributed by atoms with Crippen molar-refractivity contribution in [2.24, 2.45) is 5.92 Å². The molecule has 0 fully saturated rings. The third kappa shape index (κ3) is 8.32. The summed E-state index contributed by atoms with van der Waals surface area (Å²) in [6, 6.07) is 17.2. The van der Waals surface area contributed by atoms with Gasteiger partial charge in [-0.25, -0.2) is 8.42 Å². The minimum Gasteiger partial charge on any atom is -0.354 e. The molecular weight excluding hydrogens is 555 g/mol. The van der Waals surface area contributed by atoms with Crippen LogP contribution in [-0.2, 0) is 32.3 Å². The second-order valence-electron chi connectivity index (χ2n) is 10.2. The lowest BCUT2D eigenvalue weighted by Crippen LogP contribution is -2.51. The lowest BCUT2D eigenvalue weighted by Gasteiger charge is -2.32. The normalized spacial score (nSPS) is 12.6. The van der Waals surface area contributed by atoms with Crippen molar-refractivity contribution in [3.63, 3.8) is 0 Å². The molecule has 41 heavy (non-hydrogen) atoms. The fourth-order valence-electron chi connectivity index (χ4n) is 4.01. The molecule has 0 aliphatic rings. The summed E-state index contributed by atoms with van der Waals surface area (Å²) in [5.41, 5.74) is 0.293. The molecule has 3 aromatic rings.